The standard InChI is InChI=1S/C22H22N4O3/c1-29-17-11-7-10-16(14-17)24-21(27)19-18-12-5-6-13-26(18)20(25-19)22(28)23-15-8-3-2-4-9-15/h2-4,7-11,14H,5-6,12-13H2,1H3,(H,23,28)(H,24,27). The number of methoxy groups -OCH3 is 1. The molecule has 0 radical (unpaired) electrons. The molecule has 7 heteroatoms. The van der Waals surface area contributed by atoms with E-state index in [1.807, 2.05) is 34.9 Å². The van der Waals surface area contributed by atoms with Crippen molar-refractivity contribution in [1.29, 1.82) is 0 Å². The fourth-order valence-electron chi connectivity index (χ4n) is 3.50. The molecule has 1 aliphatic rings. The zero-order chi connectivity index (χ0) is 20.2. The summed E-state index contributed by atoms with van der Waals surface area (Å²) in [5, 5.41) is 5.71. The molecule has 0 aliphatic carbocycles. The monoisotopic (exact) mass is 390 g/mol. The molecule has 0 spiro atoms. The first-order valence-corrected chi connectivity index (χ1v) is 9.57. The number of amides is 2. The summed E-state index contributed by atoms with van der Waals surface area (Å²) < 4.78 is 7.06. The van der Waals surface area contributed by atoms with E-state index in [2.05, 4.69) is 15.6 Å². The Balaban J connectivity index is 1.62. The first-order chi connectivity index (χ1) is 14.2. The number of ether oxygens (including phenoxy) is 1. The average Bonchev–Trinajstić information content (AvgIpc) is 3.15. The van der Waals surface area contributed by atoms with Crippen LogP contribution < -0.4 is 15.4 Å². The number of hydrogen-bond acceptors (Lipinski definition) is 4. The van der Waals surface area contributed by atoms with Gasteiger partial charge < -0.3 is 19.9 Å². The third-order valence-corrected chi connectivity index (χ3v) is 4.90. The molecule has 1 aromatic heterocycles. The molecule has 2 heterocycles. The van der Waals surface area contributed by atoms with Gasteiger partial charge in [0.15, 0.2) is 11.5 Å². The second-order valence-electron chi connectivity index (χ2n) is 6.85. The minimum Gasteiger partial charge on any atom is -0.497 e. The Labute approximate surface area is 168 Å². The van der Waals surface area contributed by atoms with Crippen LogP contribution in [0.25, 0.3) is 0 Å². The van der Waals surface area contributed by atoms with Crippen LogP contribution in [-0.4, -0.2) is 28.5 Å². The number of nitrogens with zero attached hydrogens (tertiary/aromatic N) is 2. The summed E-state index contributed by atoms with van der Waals surface area (Å²) in [6.07, 6.45) is 2.63. The minimum atomic E-state index is -0.331. The highest BCUT2D eigenvalue weighted by Gasteiger charge is 2.27. The lowest BCUT2D eigenvalue weighted by Crippen LogP contribution is -2.21. The van der Waals surface area contributed by atoms with Crippen LogP contribution in [0.5, 0.6) is 5.75 Å². The average molecular weight is 390 g/mol. The number of anilines is 2. The Morgan fingerprint density at radius 1 is 0.966 bits per heavy atom. The van der Waals surface area contributed by atoms with Crippen molar-refractivity contribution in [2.75, 3.05) is 17.7 Å². The van der Waals surface area contributed by atoms with Gasteiger partial charge in [-0.05, 0) is 43.5 Å². The first-order valence-electron chi connectivity index (χ1n) is 9.57. The van der Waals surface area contributed by atoms with E-state index < -0.39 is 0 Å². The van der Waals surface area contributed by atoms with Crippen molar-refractivity contribution < 1.29 is 14.3 Å². The van der Waals surface area contributed by atoms with Crippen molar-refractivity contribution in [2.24, 2.45) is 0 Å². The van der Waals surface area contributed by atoms with Crippen LogP contribution in [0.1, 0.15) is 39.6 Å². The lowest BCUT2D eigenvalue weighted by molar-refractivity contribution is 0.101. The van der Waals surface area contributed by atoms with Gasteiger partial charge in [-0.15, -0.1) is 0 Å². The molecule has 4 rings (SSSR count). The lowest BCUT2D eigenvalue weighted by Gasteiger charge is -2.17. The highest BCUT2D eigenvalue weighted by atomic mass is 16.5. The van der Waals surface area contributed by atoms with E-state index in [-0.39, 0.29) is 17.6 Å². The van der Waals surface area contributed by atoms with Crippen molar-refractivity contribution in [3.63, 3.8) is 0 Å². The molecule has 0 saturated heterocycles. The molecule has 148 valence electrons. The van der Waals surface area contributed by atoms with Crippen molar-refractivity contribution in [3.05, 3.63) is 71.8 Å². The molecule has 29 heavy (non-hydrogen) atoms. The number of hydrogen-bond donors (Lipinski definition) is 2. The molecule has 0 atom stereocenters. The molecule has 0 unspecified atom stereocenters. The second-order valence-corrected chi connectivity index (χ2v) is 6.85. The third kappa shape index (κ3) is 3.99. The van der Waals surface area contributed by atoms with Crippen LogP contribution in [0, 0.1) is 0 Å². The fraction of sp³-hybridized carbons (Fsp3) is 0.227. The number of nitrogens with one attached hydrogen (secondary N) is 2. The molecule has 0 saturated carbocycles. The Morgan fingerprint density at radius 2 is 1.72 bits per heavy atom. The van der Waals surface area contributed by atoms with E-state index in [1.165, 1.54) is 0 Å². The van der Waals surface area contributed by atoms with Crippen LogP contribution in [0.3, 0.4) is 0 Å². The first kappa shape index (κ1) is 18.7. The lowest BCUT2D eigenvalue weighted by atomic mass is 10.1. The largest absolute Gasteiger partial charge is 0.497 e. The van der Waals surface area contributed by atoms with E-state index in [4.69, 9.17) is 4.74 Å². The Bertz CT molecular complexity index is 1040. The number of rotatable bonds is 5. The van der Waals surface area contributed by atoms with Gasteiger partial charge in [-0.2, -0.15) is 0 Å². The van der Waals surface area contributed by atoms with Gasteiger partial charge in [0.25, 0.3) is 11.8 Å². The molecule has 7 nitrogen and oxygen atoms in total. The van der Waals surface area contributed by atoms with Crippen molar-refractivity contribution in [3.8, 4) is 5.75 Å². The van der Waals surface area contributed by atoms with Crippen LogP contribution >= 0.6 is 0 Å². The highest BCUT2D eigenvalue weighted by molar-refractivity contribution is 6.07. The van der Waals surface area contributed by atoms with E-state index in [9.17, 15) is 9.59 Å². The Morgan fingerprint density at radius 3 is 2.52 bits per heavy atom. The summed E-state index contributed by atoms with van der Waals surface area (Å²) in [6.45, 7) is 0.673. The van der Waals surface area contributed by atoms with Crippen LogP contribution in [0.2, 0.25) is 0 Å². The molecular weight excluding hydrogens is 368 g/mol. The Kier molecular flexibility index (Phi) is 5.29. The van der Waals surface area contributed by atoms with Gasteiger partial charge in [0, 0.05) is 24.0 Å². The topological polar surface area (TPSA) is 85.2 Å². The molecule has 2 amide bonds. The van der Waals surface area contributed by atoms with Crippen molar-refractivity contribution >= 4 is 23.2 Å². The molecular formula is C22H22N4O3. The van der Waals surface area contributed by atoms with Gasteiger partial charge in [0.2, 0.25) is 0 Å². The third-order valence-electron chi connectivity index (χ3n) is 4.90. The maximum atomic E-state index is 12.9. The number of carbonyl (C=O) groups is 2. The summed E-state index contributed by atoms with van der Waals surface area (Å²) in [7, 11) is 1.57. The summed E-state index contributed by atoms with van der Waals surface area (Å²) >= 11 is 0. The maximum absolute atomic E-state index is 12.9. The molecule has 2 aromatic carbocycles. The number of benzene rings is 2. The summed E-state index contributed by atoms with van der Waals surface area (Å²) in [5.41, 5.74) is 2.40. The van der Waals surface area contributed by atoms with E-state index in [0.29, 0.717) is 35.8 Å². The maximum Gasteiger partial charge on any atom is 0.291 e. The number of imidazole rings is 1. The van der Waals surface area contributed by atoms with Crippen LogP contribution in [-0.2, 0) is 13.0 Å². The molecule has 3 aromatic rings. The number of aromatic nitrogens is 2. The molecule has 0 fully saturated rings. The van der Waals surface area contributed by atoms with Crippen molar-refractivity contribution in [1.82, 2.24) is 9.55 Å². The van der Waals surface area contributed by atoms with Gasteiger partial charge in [0.1, 0.15) is 5.75 Å². The zero-order valence-corrected chi connectivity index (χ0v) is 16.1. The summed E-state index contributed by atoms with van der Waals surface area (Å²) in [4.78, 5) is 30.2. The van der Waals surface area contributed by atoms with E-state index in [0.717, 1.165) is 18.5 Å². The molecule has 2 N–H and O–H groups in total. The van der Waals surface area contributed by atoms with Gasteiger partial charge in [-0.1, -0.05) is 24.3 Å². The SMILES string of the molecule is COc1cccc(NC(=O)c2nc(C(=O)Nc3ccccc3)n3c2CCCC3)c1. The van der Waals surface area contributed by atoms with Crippen LogP contribution in [0.15, 0.2) is 54.6 Å². The van der Waals surface area contributed by atoms with E-state index in [1.54, 1.807) is 31.4 Å². The Hall–Kier alpha value is -3.61. The van der Waals surface area contributed by atoms with Crippen LogP contribution in [0.4, 0.5) is 11.4 Å². The predicted molar refractivity (Wildman–Crippen MR) is 111 cm³/mol. The molecule has 0 bridgehead atoms. The van der Waals surface area contributed by atoms with Gasteiger partial charge in [0.05, 0.1) is 12.8 Å². The second kappa shape index (κ2) is 8.18. The highest BCUT2D eigenvalue weighted by Crippen LogP contribution is 2.24. The number of carbonyl (C=O) groups excluding carboxylic acids is 2. The van der Waals surface area contributed by atoms with Gasteiger partial charge in [-0.3, -0.25) is 9.59 Å². The fourth-order valence-corrected chi connectivity index (χ4v) is 3.50. The molecule has 1 aliphatic heterocycles. The zero-order valence-electron chi connectivity index (χ0n) is 16.1. The van der Waals surface area contributed by atoms with Gasteiger partial charge >= 0.3 is 0 Å². The summed E-state index contributed by atoms with van der Waals surface area (Å²) in [6, 6.07) is 16.3. The quantitative estimate of drug-likeness (QED) is 0.695. The number of para-hydroxylation sites is 1. The van der Waals surface area contributed by atoms with Gasteiger partial charge in [-0.25, -0.2) is 4.98 Å². The van der Waals surface area contributed by atoms with Crippen molar-refractivity contribution in [2.45, 2.75) is 25.8 Å². The normalized spacial score (nSPS) is 12.7. The predicted octanol–water partition coefficient (Wildman–Crippen LogP) is 3.73. The summed E-state index contributed by atoms with van der Waals surface area (Å²) in [5.74, 6) is 0.263. The smallest absolute Gasteiger partial charge is 0.291 e. The minimum absolute atomic E-state index is 0.263. The number of fused-ring (bicyclic) bond motifs is 1. The van der Waals surface area contributed by atoms with E-state index >= 15 is 0 Å².